The molecule has 0 fully saturated rings. The quantitative estimate of drug-likeness (QED) is 0.602. The number of carboxylic acids is 1. The summed E-state index contributed by atoms with van der Waals surface area (Å²) in [5.41, 5.74) is 0.847. The third-order valence-electron chi connectivity index (χ3n) is 3.21. The van der Waals surface area contributed by atoms with Gasteiger partial charge in [0.05, 0.1) is 27.0 Å². The Bertz CT molecular complexity index is 726. The van der Waals surface area contributed by atoms with Gasteiger partial charge in [0.15, 0.2) is 16.7 Å². The van der Waals surface area contributed by atoms with Gasteiger partial charge in [-0.3, -0.25) is 0 Å². The van der Waals surface area contributed by atoms with Crippen LogP contribution in [0.15, 0.2) is 23.5 Å². The number of benzene rings is 1. The van der Waals surface area contributed by atoms with Crippen LogP contribution in [0.4, 0.5) is 0 Å². The molecule has 1 aromatic carbocycles. The van der Waals surface area contributed by atoms with Gasteiger partial charge in [-0.25, -0.2) is 14.8 Å². The highest BCUT2D eigenvalue weighted by Gasteiger charge is 2.20. The molecule has 8 heteroatoms. The number of thioether (sulfide) groups is 1. The van der Waals surface area contributed by atoms with E-state index in [0.717, 1.165) is 5.75 Å². The van der Waals surface area contributed by atoms with Crippen molar-refractivity contribution < 1.29 is 24.1 Å². The molecule has 2 rings (SSSR count). The molecule has 0 atom stereocenters. The van der Waals surface area contributed by atoms with Gasteiger partial charge in [0.1, 0.15) is 5.56 Å². The fourth-order valence-corrected chi connectivity index (χ4v) is 2.70. The molecule has 0 aliphatic rings. The summed E-state index contributed by atoms with van der Waals surface area (Å²) in [6.45, 7) is 1.97. The fourth-order valence-electron chi connectivity index (χ4n) is 2.16. The number of carbonyl (C=O) groups is 1. The minimum Gasteiger partial charge on any atom is -0.493 e. The topological polar surface area (TPSA) is 90.8 Å². The van der Waals surface area contributed by atoms with Crippen LogP contribution in [0.2, 0.25) is 0 Å². The molecule has 1 aromatic heterocycles. The first kappa shape index (κ1) is 17.9. The molecule has 0 aliphatic heterocycles. The van der Waals surface area contributed by atoms with Crippen LogP contribution in [-0.4, -0.2) is 48.1 Å². The number of ether oxygens (including phenoxy) is 3. The monoisotopic (exact) mass is 350 g/mol. The van der Waals surface area contributed by atoms with E-state index in [1.807, 2.05) is 6.92 Å². The molecule has 128 valence electrons. The zero-order valence-corrected chi connectivity index (χ0v) is 14.6. The van der Waals surface area contributed by atoms with Crippen LogP contribution in [0.1, 0.15) is 17.3 Å². The standard InChI is InChI=1S/C16H18N2O5S/c1-5-24-16-17-8-10(15(19)20)13(18-16)9-6-11(21-2)14(23-4)12(7-9)22-3/h6-8H,5H2,1-4H3,(H,19,20). The third-order valence-corrected chi connectivity index (χ3v) is 3.95. The van der Waals surface area contributed by atoms with Crippen LogP contribution in [0, 0.1) is 0 Å². The van der Waals surface area contributed by atoms with Gasteiger partial charge < -0.3 is 19.3 Å². The number of aromatic carboxylic acids is 1. The van der Waals surface area contributed by atoms with Crippen molar-refractivity contribution in [1.29, 1.82) is 0 Å². The maximum Gasteiger partial charge on any atom is 0.339 e. The van der Waals surface area contributed by atoms with Crippen molar-refractivity contribution in [3.63, 3.8) is 0 Å². The molecule has 0 aliphatic carbocycles. The van der Waals surface area contributed by atoms with Gasteiger partial charge >= 0.3 is 5.97 Å². The number of rotatable bonds is 7. The summed E-state index contributed by atoms with van der Waals surface area (Å²) >= 11 is 1.43. The lowest BCUT2D eigenvalue weighted by atomic mass is 10.1. The molecule has 0 saturated carbocycles. The SMILES string of the molecule is CCSc1ncc(C(=O)O)c(-c2cc(OC)c(OC)c(OC)c2)n1. The Morgan fingerprint density at radius 2 is 1.79 bits per heavy atom. The molecule has 0 radical (unpaired) electrons. The maximum atomic E-state index is 11.5. The Balaban J connectivity index is 2.69. The second kappa shape index (κ2) is 7.87. The summed E-state index contributed by atoms with van der Waals surface area (Å²) in [7, 11) is 4.50. The summed E-state index contributed by atoms with van der Waals surface area (Å²) in [4.78, 5) is 20.0. The Morgan fingerprint density at radius 3 is 2.25 bits per heavy atom. The lowest BCUT2D eigenvalue weighted by Gasteiger charge is -2.15. The van der Waals surface area contributed by atoms with Crippen molar-refractivity contribution in [2.75, 3.05) is 27.1 Å². The van der Waals surface area contributed by atoms with E-state index in [4.69, 9.17) is 14.2 Å². The predicted octanol–water partition coefficient (Wildman–Crippen LogP) is 2.98. The average Bonchev–Trinajstić information content (AvgIpc) is 2.60. The van der Waals surface area contributed by atoms with E-state index in [-0.39, 0.29) is 5.56 Å². The summed E-state index contributed by atoms with van der Waals surface area (Å²) in [5.74, 6) is 0.948. The zero-order valence-electron chi connectivity index (χ0n) is 13.8. The predicted molar refractivity (Wildman–Crippen MR) is 90.5 cm³/mol. The molecule has 24 heavy (non-hydrogen) atoms. The van der Waals surface area contributed by atoms with Gasteiger partial charge in [0.2, 0.25) is 5.75 Å². The normalized spacial score (nSPS) is 10.3. The van der Waals surface area contributed by atoms with Crippen LogP contribution in [-0.2, 0) is 0 Å². The molecular weight excluding hydrogens is 332 g/mol. The molecule has 1 N–H and O–H groups in total. The Morgan fingerprint density at radius 1 is 1.17 bits per heavy atom. The number of methoxy groups -OCH3 is 3. The summed E-state index contributed by atoms with van der Waals surface area (Å²) in [5, 5.41) is 9.93. The molecule has 2 aromatic rings. The first-order valence-electron chi connectivity index (χ1n) is 7.09. The molecule has 0 unspecified atom stereocenters. The largest absolute Gasteiger partial charge is 0.493 e. The highest BCUT2D eigenvalue weighted by atomic mass is 32.2. The number of nitrogens with zero attached hydrogens (tertiary/aromatic N) is 2. The molecule has 7 nitrogen and oxygen atoms in total. The second-order valence-electron chi connectivity index (χ2n) is 4.57. The highest BCUT2D eigenvalue weighted by Crippen LogP contribution is 2.41. The van der Waals surface area contributed by atoms with Crippen molar-refractivity contribution in [1.82, 2.24) is 9.97 Å². The molecule has 1 heterocycles. The smallest absolute Gasteiger partial charge is 0.339 e. The molecule has 0 saturated heterocycles. The van der Waals surface area contributed by atoms with E-state index >= 15 is 0 Å². The second-order valence-corrected chi connectivity index (χ2v) is 5.80. The van der Waals surface area contributed by atoms with Gasteiger partial charge in [0.25, 0.3) is 0 Å². The molecule has 0 amide bonds. The van der Waals surface area contributed by atoms with Gasteiger partial charge in [-0.05, 0) is 17.9 Å². The Kier molecular flexibility index (Phi) is 5.86. The van der Waals surface area contributed by atoms with Crippen LogP contribution in [0.5, 0.6) is 17.2 Å². The summed E-state index contributed by atoms with van der Waals surface area (Å²) < 4.78 is 15.9. The van der Waals surface area contributed by atoms with Crippen LogP contribution < -0.4 is 14.2 Å². The lowest BCUT2D eigenvalue weighted by molar-refractivity contribution is 0.0696. The van der Waals surface area contributed by atoms with E-state index in [2.05, 4.69) is 9.97 Å². The number of aromatic nitrogens is 2. The van der Waals surface area contributed by atoms with E-state index in [0.29, 0.717) is 33.7 Å². The lowest BCUT2D eigenvalue weighted by Crippen LogP contribution is -2.05. The first-order valence-corrected chi connectivity index (χ1v) is 8.07. The maximum absolute atomic E-state index is 11.5. The van der Waals surface area contributed by atoms with Gasteiger partial charge in [0, 0.05) is 11.8 Å². The summed E-state index contributed by atoms with van der Waals surface area (Å²) in [6.07, 6.45) is 1.31. The van der Waals surface area contributed by atoms with Crippen molar-refractivity contribution in [3.05, 3.63) is 23.9 Å². The minimum absolute atomic E-state index is 0.00438. The van der Waals surface area contributed by atoms with Crippen molar-refractivity contribution in [2.45, 2.75) is 12.1 Å². The van der Waals surface area contributed by atoms with Crippen LogP contribution >= 0.6 is 11.8 Å². The molecule has 0 bridgehead atoms. The van der Waals surface area contributed by atoms with Crippen molar-refractivity contribution in [2.24, 2.45) is 0 Å². The van der Waals surface area contributed by atoms with E-state index < -0.39 is 5.97 Å². The van der Waals surface area contributed by atoms with Crippen LogP contribution in [0.3, 0.4) is 0 Å². The number of hydrogen-bond acceptors (Lipinski definition) is 7. The van der Waals surface area contributed by atoms with E-state index in [1.165, 1.54) is 39.3 Å². The van der Waals surface area contributed by atoms with E-state index in [1.54, 1.807) is 12.1 Å². The van der Waals surface area contributed by atoms with Gasteiger partial charge in [-0.2, -0.15) is 0 Å². The number of carboxylic acid groups (broad SMARTS) is 1. The minimum atomic E-state index is -1.10. The number of hydrogen-bond donors (Lipinski definition) is 1. The molecule has 0 spiro atoms. The fraction of sp³-hybridized carbons (Fsp3) is 0.312. The molecular formula is C16H18N2O5S. The van der Waals surface area contributed by atoms with Gasteiger partial charge in [-0.15, -0.1) is 0 Å². The van der Waals surface area contributed by atoms with E-state index in [9.17, 15) is 9.90 Å². The average molecular weight is 350 g/mol. The van der Waals surface area contributed by atoms with Crippen molar-refractivity contribution in [3.8, 4) is 28.5 Å². The van der Waals surface area contributed by atoms with Crippen LogP contribution in [0.25, 0.3) is 11.3 Å². The Hall–Kier alpha value is -2.48. The summed E-state index contributed by atoms with van der Waals surface area (Å²) in [6, 6.07) is 3.33. The van der Waals surface area contributed by atoms with Gasteiger partial charge in [-0.1, -0.05) is 18.7 Å². The highest BCUT2D eigenvalue weighted by molar-refractivity contribution is 7.99. The first-order chi connectivity index (χ1) is 11.5. The zero-order chi connectivity index (χ0) is 17.7. The Labute approximate surface area is 144 Å². The van der Waals surface area contributed by atoms with Crippen molar-refractivity contribution >= 4 is 17.7 Å². The third kappa shape index (κ3) is 3.53.